The van der Waals surface area contributed by atoms with E-state index < -0.39 is 0 Å². The number of aromatic nitrogens is 1. The molecule has 0 bridgehead atoms. The van der Waals surface area contributed by atoms with E-state index in [0.29, 0.717) is 6.79 Å². The molecular weight excluding hydrogens is 252 g/mol. The second-order valence-electron chi connectivity index (χ2n) is 5.03. The summed E-state index contributed by atoms with van der Waals surface area (Å²) in [5, 5.41) is 0. The lowest BCUT2D eigenvalue weighted by Crippen LogP contribution is -2.22. The van der Waals surface area contributed by atoms with Crippen molar-refractivity contribution in [2.45, 2.75) is 19.5 Å². The van der Waals surface area contributed by atoms with Crippen LogP contribution in [0.5, 0.6) is 11.5 Å². The molecule has 0 N–H and O–H groups in total. The SMILES string of the molecule is C[C@H](c1ccccn1)N(C)Cc1ccc2c(c1)OCO2. The van der Waals surface area contributed by atoms with Crippen molar-refractivity contribution in [3.05, 3.63) is 53.9 Å². The minimum absolute atomic E-state index is 0.265. The van der Waals surface area contributed by atoms with Gasteiger partial charge in [-0.15, -0.1) is 0 Å². The molecule has 1 atom stereocenters. The van der Waals surface area contributed by atoms with Gasteiger partial charge in [-0.2, -0.15) is 0 Å². The Kier molecular flexibility index (Phi) is 3.56. The number of pyridine rings is 1. The van der Waals surface area contributed by atoms with Crippen LogP contribution in [0.2, 0.25) is 0 Å². The molecule has 0 radical (unpaired) electrons. The summed E-state index contributed by atoms with van der Waals surface area (Å²) in [5.41, 5.74) is 2.29. The largest absolute Gasteiger partial charge is 0.454 e. The third-order valence-electron chi connectivity index (χ3n) is 3.65. The summed E-state index contributed by atoms with van der Waals surface area (Å²) >= 11 is 0. The summed E-state index contributed by atoms with van der Waals surface area (Å²) in [6.45, 7) is 3.32. The molecule has 0 unspecified atom stereocenters. The molecule has 4 heteroatoms. The first-order valence-electron chi connectivity index (χ1n) is 6.74. The first-order valence-corrected chi connectivity index (χ1v) is 6.74. The van der Waals surface area contributed by atoms with Crippen molar-refractivity contribution >= 4 is 0 Å². The van der Waals surface area contributed by atoms with Crippen molar-refractivity contribution < 1.29 is 9.47 Å². The van der Waals surface area contributed by atoms with E-state index in [9.17, 15) is 0 Å². The Morgan fingerprint density at radius 1 is 1.20 bits per heavy atom. The normalized spacial score (nSPS) is 14.6. The van der Waals surface area contributed by atoms with Crippen molar-refractivity contribution in [3.63, 3.8) is 0 Å². The lowest BCUT2D eigenvalue weighted by molar-refractivity contribution is 0.174. The number of hydrogen-bond acceptors (Lipinski definition) is 4. The highest BCUT2D eigenvalue weighted by Gasteiger charge is 2.16. The van der Waals surface area contributed by atoms with Crippen molar-refractivity contribution in [2.75, 3.05) is 13.8 Å². The summed E-state index contributed by atoms with van der Waals surface area (Å²) in [5.74, 6) is 1.66. The molecule has 1 aromatic carbocycles. The zero-order chi connectivity index (χ0) is 13.9. The zero-order valence-electron chi connectivity index (χ0n) is 11.7. The minimum Gasteiger partial charge on any atom is -0.454 e. The van der Waals surface area contributed by atoms with Crippen LogP contribution in [-0.2, 0) is 6.54 Å². The molecule has 0 spiro atoms. The Balaban J connectivity index is 1.71. The van der Waals surface area contributed by atoms with Crippen LogP contribution in [0.3, 0.4) is 0 Å². The fourth-order valence-electron chi connectivity index (χ4n) is 2.31. The standard InChI is InChI=1S/C16H18N2O2/c1-12(14-5-3-4-8-17-14)18(2)10-13-6-7-15-16(9-13)20-11-19-15/h3-9,12H,10-11H2,1-2H3/t12-/m1/s1. The number of hydrogen-bond donors (Lipinski definition) is 0. The number of ether oxygens (including phenoxy) is 2. The molecule has 1 aromatic heterocycles. The lowest BCUT2D eigenvalue weighted by Gasteiger charge is -2.24. The van der Waals surface area contributed by atoms with Crippen LogP contribution in [0, 0.1) is 0 Å². The van der Waals surface area contributed by atoms with Gasteiger partial charge in [-0.3, -0.25) is 9.88 Å². The smallest absolute Gasteiger partial charge is 0.231 e. The van der Waals surface area contributed by atoms with E-state index >= 15 is 0 Å². The summed E-state index contributed by atoms with van der Waals surface area (Å²) in [6, 6.07) is 12.4. The maximum atomic E-state index is 5.41. The minimum atomic E-state index is 0.265. The summed E-state index contributed by atoms with van der Waals surface area (Å²) < 4.78 is 10.7. The second-order valence-corrected chi connectivity index (χ2v) is 5.03. The molecule has 4 nitrogen and oxygen atoms in total. The van der Waals surface area contributed by atoms with E-state index in [1.54, 1.807) is 0 Å². The fourth-order valence-corrected chi connectivity index (χ4v) is 2.31. The Hall–Kier alpha value is -2.07. The molecule has 0 amide bonds. The van der Waals surface area contributed by atoms with Crippen molar-refractivity contribution in [1.29, 1.82) is 0 Å². The third-order valence-corrected chi connectivity index (χ3v) is 3.65. The van der Waals surface area contributed by atoms with Gasteiger partial charge in [0.25, 0.3) is 0 Å². The van der Waals surface area contributed by atoms with Gasteiger partial charge in [0.05, 0.1) is 5.69 Å². The van der Waals surface area contributed by atoms with Gasteiger partial charge in [-0.1, -0.05) is 12.1 Å². The average Bonchev–Trinajstić information content (AvgIpc) is 2.95. The maximum Gasteiger partial charge on any atom is 0.231 e. The van der Waals surface area contributed by atoms with E-state index in [-0.39, 0.29) is 6.04 Å². The van der Waals surface area contributed by atoms with Crippen molar-refractivity contribution in [3.8, 4) is 11.5 Å². The van der Waals surface area contributed by atoms with Crippen LogP contribution in [0.15, 0.2) is 42.6 Å². The molecule has 2 aromatic rings. The molecule has 0 aliphatic carbocycles. The van der Waals surface area contributed by atoms with Gasteiger partial charge < -0.3 is 9.47 Å². The first-order chi connectivity index (χ1) is 9.74. The van der Waals surface area contributed by atoms with Gasteiger partial charge in [0.2, 0.25) is 6.79 Å². The van der Waals surface area contributed by atoms with Gasteiger partial charge in [0.1, 0.15) is 0 Å². The molecule has 20 heavy (non-hydrogen) atoms. The van der Waals surface area contributed by atoms with Crippen molar-refractivity contribution in [2.24, 2.45) is 0 Å². The van der Waals surface area contributed by atoms with Gasteiger partial charge in [0.15, 0.2) is 11.5 Å². The monoisotopic (exact) mass is 270 g/mol. The summed E-state index contributed by atoms with van der Waals surface area (Å²) in [6.07, 6.45) is 1.83. The van der Waals surface area contributed by atoms with Crippen LogP contribution < -0.4 is 9.47 Å². The predicted octanol–water partition coefficient (Wildman–Crippen LogP) is 3.00. The summed E-state index contributed by atoms with van der Waals surface area (Å²) in [4.78, 5) is 6.68. The second kappa shape index (κ2) is 5.51. The van der Waals surface area contributed by atoms with Gasteiger partial charge in [-0.05, 0) is 43.8 Å². The van der Waals surface area contributed by atoms with Gasteiger partial charge in [0, 0.05) is 18.8 Å². The van der Waals surface area contributed by atoms with Crippen LogP contribution >= 0.6 is 0 Å². The molecule has 0 fully saturated rings. The fraction of sp³-hybridized carbons (Fsp3) is 0.312. The highest BCUT2D eigenvalue weighted by Crippen LogP contribution is 2.33. The Labute approximate surface area is 119 Å². The number of benzene rings is 1. The predicted molar refractivity (Wildman–Crippen MR) is 76.7 cm³/mol. The van der Waals surface area contributed by atoms with Crippen molar-refractivity contribution in [1.82, 2.24) is 9.88 Å². The van der Waals surface area contributed by atoms with E-state index in [4.69, 9.17) is 9.47 Å². The van der Waals surface area contributed by atoms with Crippen LogP contribution in [0.25, 0.3) is 0 Å². The van der Waals surface area contributed by atoms with Crippen LogP contribution in [0.4, 0.5) is 0 Å². The van der Waals surface area contributed by atoms with E-state index in [1.807, 2.05) is 30.5 Å². The van der Waals surface area contributed by atoms with E-state index in [1.165, 1.54) is 5.56 Å². The summed E-state index contributed by atoms with van der Waals surface area (Å²) in [7, 11) is 2.10. The Bertz CT molecular complexity index is 586. The Morgan fingerprint density at radius 3 is 2.85 bits per heavy atom. The molecule has 1 aliphatic rings. The van der Waals surface area contributed by atoms with Crippen LogP contribution in [0.1, 0.15) is 24.2 Å². The zero-order valence-corrected chi connectivity index (χ0v) is 11.7. The van der Waals surface area contributed by atoms with E-state index in [2.05, 4.69) is 36.0 Å². The quantitative estimate of drug-likeness (QED) is 0.855. The molecule has 0 saturated carbocycles. The first kappa shape index (κ1) is 12.9. The average molecular weight is 270 g/mol. The lowest BCUT2D eigenvalue weighted by atomic mass is 10.1. The van der Waals surface area contributed by atoms with Crippen LogP contribution in [-0.4, -0.2) is 23.7 Å². The molecule has 104 valence electrons. The third kappa shape index (κ3) is 2.60. The number of nitrogens with zero attached hydrogens (tertiary/aromatic N) is 2. The highest BCUT2D eigenvalue weighted by molar-refractivity contribution is 5.44. The molecule has 0 saturated heterocycles. The Morgan fingerprint density at radius 2 is 2.05 bits per heavy atom. The van der Waals surface area contributed by atoms with Gasteiger partial charge >= 0.3 is 0 Å². The highest BCUT2D eigenvalue weighted by atomic mass is 16.7. The molecule has 3 rings (SSSR count). The molecule has 1 aliphatic heterocycles. The topological polar surface area (TPSA) is 34.6 Å². The van der Waals surface area contributed by atoms with Gasteiger partial charge in [-0.25, -0.2) is 0 Å². The number of fused-ring (bicyclic) bond motifs is 1. The number of rotatable bonds is 4. The molecular formula is C16H18N2O2. The van der Waals surface area contributed by atoms with E-state index in [0.717, 1.165) is 23.7 Å². The maximum absolute atomic E-state index is 5.41. The molecule has 2 heterocycles.